The number of amides is 1. The Hall–Kier alpha value is -2.43. The zero-order valence-corrected chi connectivity index (χ0v) is 10.5. The Kier molecular flexibility index (Phi) is 2.87. The molecule has 2 heterocycles. The lowest BCUT2D eigenvalue weighted by molar-refractivity contribution is 0.0971. The summed E-state index contributed by atoms with van der Waals surface area (Å²) in [6.45, 7) is 2.85. The van der Waals surface area contributed by atoms with Gasteiger partial charge in [-0.25, -0.2) is 4.98 Å². The molecule has 5 nitrogen and oxygen atoms in total. The summed E-state index contributed by atoms with van der Waals surface area (Å²) in [5.74, 6) is 0.574. The fraction of sp³-hybridized carbons (Fsp3) is 0.214. The first-order valence-electron chi connectivity index (χ1n) is 6.08. The summed E-state index contributed by atoms with van der Waals surface area (Å²) in [7, 11) is 0. The second-order valence-electron chi connectivity index (χ2n) is 4.32. The topological polar surface area (TPSA) is 55.3 Å². The zero-order valence-electron chi connectivity index (χ0n) is 10.5. The minimum atomic E-state index is -0.150. The van der Waals surface area contributed by atoms with Gasteiger partial charge in [-0.15, -0.1) is 0 Å². The molecule has 0 bridgehead atoms. The summed E-state index contributed by atoms with van der Waals surface area (Å²) in [6.07, 6.45) is 3.11. The van der Waals surface area contributed by atoms with E-state index in [9.17, 15) is 4.79 Å². The van der Waals surface area contributed by atoms with Crippen LogP contribution in [0, 0.1) is 6.92 Å². The molecule has 0 fully saturated rings. The quantitative estimate of drug-likeness (QED) is 0.780. The Morgan fingerprint density at radius 3 is 2.89 bits per heavy atom. The fourth-order valence-electron chi connectivity index (χ4n) is 2.02. The van der Waals surface area contributed by atoms with Crippen molar-refractivity contribution in [2.24, 2.45) is 0 Å². The molecule has 5 heteroatoms. The molecule has 0 spiro atoms. The summed E-state index contributed by atoms with van der Waals surface area (Å²) in [5, 5.41) is 0. The number of carbonyl (C=O) groups excluding carboxylic acids is 1. The van der Waals surface area contributed by atoms with Crippen molar-refractivity contribution in [2.45, 2.75) is 6.92 Å². The van der Waals surface area contributed by atoms with E-state index in [1.807, 2.05) is 31.2 Å². The first kappa shape index (κ1) is 11.6. The lowest BCUT2D eigenvalue weighted by atomic mass is 10.2. The number of fused-ring (bicyclic) bond motifs is 1. The van der Waals surface area contributed by atoms with Crippen molar-refractivity contribution in [2.75, 3.05) is 18.1 Å². The predicted molar refractivity (Wildman–Crippen MR) is 70.4 cm³/mol. The summed E-state index contributed by atoms with van der Waals surface area (Å²) < 4.78 is 5.53. The Morgan fingerprint density at radius 2 is 2.11 bits per heavy atom. The molecule has 0 atom stereocenters. The fourth-order valence-corrected chi connectivity index (χ4v) is 2.02. The molecule has 0 radical (unpaired) electrons. The number of rotatable bonds is 1. The van der Waals surface area contributed by atoms with Crippen molar-refractivity contribution >= 4 is 11.6 Å². The van der Waals surface area contributed by atoms with Crippen molar-refractivity contribution < 1.29 is 9.53 Å². The maximum Gasteiger partial charge on any atom is 0.278 e. The molecule has 1 aromatic carbocycles. The molecule has 2 aromatic rings. The van der Waals surface area contributed by atoms with Gasteiger partial charge in [-0.1, -0.05) is 12.1 Å². The molecule has 0 saturated carbocycles. The van der Waals surface area contributed by atoms with Crippen LogP contribution in [0.25, 0.3) is 0 Å². The smallest absolute Gasteiger partial charge is 0.278 e. The number of benzene rings is 1. The standard InChI is InChI=1S/C14H13N3O2/c1-10-8-16-11(9-15-10)14(18)17-6-7-19-13-5-3-2-4-12(13)17/h2-5,8-9H,6-7H2,1H3. The van der Waals surface area contributed by atoms with E-state index >= 15 is 0 Å². The number of carbonyl (C=O) groups is 1. The highest BCUT2D eigenvalue weighted by molar-refractivity contribution is 6.05. The van der Waals surface area contributed by atoms with Crippen LogP contribution in [0.15, 0.2) is 36.7 Å². The average Bonchev–Trinajstić information content (AvgIpc) is 2.47. The van der Waals surface area contributed by atoms with Crippen LogP contribution in [0.4, 0.5) is 5.69 Å². The van der Waals surface area contributed by atoms with Crippen LogP contribution in [-0.2, 0) is 0 Å². The van der Waals surface area contributed by atoms with Gasteiger partial charge in [-0.3, -0.25) is 9.78 Å². The van der Waals surface area contributed by atoms with Gasteiger partial charge in [-0.05, 0) is 19.1 Å². The molecular formula is C14H13N3O2. The number of nitrogens with zero attached hydrogens (tertiary/aromatic N) is 3. The third-order valence-electron chi connectivity index (χ3n) is 2.97. The second-order valence-corrected chi connectivity index (χ2v) is 4.32. The highest BCUT2D eigenvalue weighted by Gasteiger charge is 2.25. The van der Waals surface area contributed by atoms with Gasteiger partial charge in [0.2, 0.25) is 0 Å². The molecule has 96 valence electrons. The number of ether oxygens (including phenoxy) is 1. The van der Waals surface area contributed by atoms with Crippen LogP contribution in [0.3, 0.4) is 0 Å². The molecule has 1 aliphatic rings. The maximum atomic E-state index is 12.4. The second kappa shape index (κ2) is 4.68. The van der Waals surface area contributed by atoms with Gasteiger partial charge in [0.25, 0.3) is 5.91 Å². The summed E-state index contributed by atoms with van der Waals surface area (Å²) in [5.41, 5.74) is 1.92. The van der Waals surface area contributed by atoms with Gasteiger partial charge >= 0.3 is 0 Å². The third kappa shape index (κ3) is 2.14. The minimum Gasteiger partial charge on any atom is -0.490 e. The minimum absolute atomic E-state index is 0.150. The van der Waals surface area contributed by atoms with Gasteiger partial charge in [-0.2, -0.15) is 0 Å². The van der Waals surface area contributed by atoms with Crippen molar-refractivity contribution in [3.8, 4) is 5.75 Å². The molecular weight excluding hydrogens is 242 g/mol. The van der Waals surface area contributed by atoms with Crippen LogP contribution in [-0.4, -0.2) is 29.0 Å². The summed E-state index contributed by atoms with van der Waals surface area (Å²) in [6, 6.07) is 7.50. The van der Waals surface area contributed by atoms with Gasteiger partial charge in [0, 0.05) is 6.20 Å². The Balaban J connectivity index is 1.95. The molecule has 0 unspecified atom stereocenters. The summed E-state index contributed by atoms with van der Waals surface area (Å²) in [4.78, 5) is 22.4. The largest absolute Gasteiger partial charge is 0.490 e. The van der Waals surface area contributed by atoms with E-state index < -0.39 is 0 Å². The number of aryl methyl sites for hydroxylation is 1. The molecule has 0 aliphatic carbocycles. The van der Waals surface area contributed by atoms with Gasteiger partial charge < -0.3 is 9.64 Å². The van der Waals surface area contributed by atoms with Crippen LogP contribution >= 0.6 is 0 Å². The van der Waals surface area contributed by atoms with E-state index in [1.165, 1.54) is 6.20 Å². The van der Waals surface area contributed by atoms with E-state index in [1.54, 1.807) is 11.1 Å². The molecule has 3 rings (SSSR count). The first-order valence-corrected chi connectivity index (χ1v) is 6.08. The number of hydrogen-bond donors (Lipinski definition) is 0. The van der Waals surface area contributed by atoms with Gasteiger partial charge in [0.1, 0.15) is 18.1 Å². The monoisotopic (exact) mass is 255 g/mol. The van der Waals surface area contributed by atoms with Crippen LogP contribution in [0.1, 0.15) is 16.2 Å². The molecule has 19 heavy (non-hydrogen) atoms. The van der Waals surface area contributed by atoms with Gasteiger partial charge in [0.05, 0.1) is 24.1 Å². The van der Waals surface area contributed by atoms with Crippen molar-refractivity contribution in [3.63, 3.8) is 0 Å². The zero-order chi connectivity index (χ0) is 13.2. The number of anilines is 1. The predicted octanol–water partition coefficient (Wildman–Crippen LogP) is 1.82. The number of aromatic nitrogens is 2. The molecule has 1 amide bonds. The SMILES string of the molecule is Cc1cnc(C(=O)N2CCOc3ccccc32)cn1. The van der Waals surface area contributed by atoms with Crippen molar-refractivity contribution in [3.05, 3.63) is 48.0 Å². The van der Waals surface area contributed by atoms with Gasteiger partial charge in [0.15, 0.2) is 0 Å². The average molecular weight is 255 g/mol. The van der Waals surface area contributed by atoms with E-state index in [-0.39, 0.29) is 5.91 Å². The Bertz CT molecular complexity index is 610. The van der Waals surface area contributed by atoms with Crippen molar-refractivity contribution in [1.82, 2.24) is 9.97 Å². The molecule has 0 N–H and O–H groups in total. The van der Waals surface area contributed by atoms with Crippen LogP contribution < -0.4 is 9.64 Å². The first-order chi connectivity index (χ1) is 9.25. The maximum absolute atomic E-state index is 12.4. The number of hydrogen-bond acceptors (Lipinski definition) is 4. The van der Waals surface area contributed by atoms with E-state index in [4.69, 9.17) is 4.74 Å². The van der Waals surface area contributed by atoms with E-state index in [0.717, 1.165) is 17.1 Å². The number of para-hydroxylation sites is 2. The molecule has 1 aliphatic heterocycles. The van der Waals surface area contributed by atoms with Crippen LogP contribution in [0.2, 0.25) is 0 Å². The Labute approximate surface area is 110 Å². The third-order valence-corrected chi connectivity index (χ3v) is 2.97. The lowest BCUT2D eigenvalue weighted by Crippen LogP contribution is -2.38. The highest BCUT2D eigenvalue weighted by atomic mass is 16.5. The lowest BCUT2D eigenvalue weighted by Gasteiger charge is -2.29. The highest BCUT2D eigenvalue weighted by Crippen LogP contribution is 2.31. The molecule has 1 aromatic heterocycles. The van der Waals surface area contributed by atoms with Crippen LogP contribution in [0.5, 0.6) is 5.75 Å². The molecule has 0 saturated heterocycles. The van der Waals surface area contributed by atoms with Crippen molar-refractivity contribution in [1.29, 1.82) is 0 Å². The van der Waals surface area contributed by atoms with E-state index in [0.29, 0.717) is 18.8 Å². The Morgan fingerprint density at radius 1 is 1.26 bits per heavy atom. The normalized spacial score (nSPS) is 13.6. The van der Waals surface area contributed by atoms with E-state index in [2.05, 4.69) is 9.97 Å². The summed E-state index contributed by atoms with van der Waals surface area (Å²) >= 11 is 0.